The van der Waals surface area contributed by atoms with Gasteiger partial charge in [-0.25, -0.2) is 8.42 Å². The average Bonchev–Trinajstić information content (AvgIpc) is 2.56. The molecule has 5 nitrogen and oxygen atoms in total. The van der Waals surface area contributed by atoms with Crippen LogP contribution in [0.5, 0.6) is 5.75 Å². The van der Waals surface area contributed by atoms with Gasteiger partial charge in [-0.05, 0) is 68.8 Å². The van der Waals surface area contributed by atoms with E-state index in [1.807, 2.05) is 13.8 Å². The minimum Gasteiger partial charge on any atom is -0.491 e. The number of hydrogen-bond acceptors (Lipinski definition) is 4. The van der Waals surface area contributed by atoms with Gasteiger partial charge in [0.25, 0.3) is 15.7 Å². The van der Waals surface area contributed by atoms with E-state index in [9.17, 15) is 26.4 Å². The second kappa shape index (κ2) is 7.59. The van der Waals surface area contributed by atoms with Crippen LogP contribution in [-0.2, 0) is 9.84 Å². The number of carbonyl (C=O) groups is 1. The molecule has 2 rings (SSSR count). The summed E-state index contributed by atoms with van der Waals surface area (Å²) in [6.45, 7) is 5.53. The Balaban J connectivity index is 2.18. The van der Waals surface area contributed by atoms with Crippen molar-refractivity contribution in [3.05, 3.63) is 53.6 Å². The van der Waals surface area contributed by atoms with Gasteiger partial charge in [0.05, 0.1) is 11.0 Å². The third kappa shape index (κ3) is 4.79. The van der Waals surface area contributed by atoms with E-state index in [2.05, 4.69) is 5.32 Å². The van der Waals surface area contributed by atoms with E-state index in [1.54, 1.807) is 25.1 Å². The van der Waals surface area contributed by atoms with Crippen LogP contribution in [-0.4, -0.2) is 25.9 Å². The number of carbonyl (C=O) groups excluding carboxylic acids is 1. The predicted octanol–water partition coefficient (Wildman–Crippen LogP) is 4.33. The molecule has 2 aromatic carbocycles. The summed E-state index contributed by atoms with van der Waals surface area (Å²) in [6.07, 6.45) is -0.00340. The van der Waals surface area contributed by atoms with E-state index in [-0.39, 0.29) is 11.7 Å². The molecule has 0 fully saturated rings. The first-order valence-electron chi connectivity index (χ1n) is 7.92. The Hall–Kier alpha value is -2.55. The summed E-state index contributed by atoms with van der Waals surface area (Å²) < 4.78 is 65.9. The molecule has 2 aromatic rings. The molecule has 0 radical (unpaired) electrons. The smallest absolute Gasteiger partial charge is 0.491 e. The quantitative estimate of drug-likeness (QED) is 0.810. The molecule has 27 heavy (non-hydrogen) atoms. The first-order valence-corrected chi connectivity index (χ1v) is 9.40. The second-order valence-corrected chi connectivity index (χ2v) is 8.01. The molecular weight excluding hydrogens is 383 g/mol. The van der Waals surface area contributed by atoms with Gasteiger partial charge in [0.15, 0.2) is 0 Å². The third-order valence-electron chi connectivity index (χ3n) is 3.55. The Morgan fingerprint density at radius 1 is 1.07 bits per heavy atom. The van der Waals surface area contributed by atoms with Crippen molar-refractivity contribution < 1.29 is 31.1 Å². The zero-order valence-corrected chi connectivity index (χ0v) is 15.6. The van der Waals surface area contributed by atoms with Crippen LogP contribution in [0, 0.1) is 6.92 Å². The molecule has 0 aliphatic carbocycles. The van der Waals surface area contributed by atoms with Crippen molar-refractivity contribution in [2.24, 2.45) is 0 Å². The van der Waals surface area contributed by atoms with Crippen LogP contribution in [0.3, 0.4) is 0 Å². The van der Waals surface area contributed by atoms with E-state index in [0.717, 1.165) is 29.8 Å². The molecule has 0 heterocycles. The average molecular weight is 401 g/mol. The van der Waals surface area contributed by atoms with Gasteiger partial charge in [0, 0.05) is 11.3 Å². The fraction of sp³-hybridized carbons (Fsp3) is 0.278. The highest BCUT2D eigenvalue weighted by atomic mass is 32.2. The van der Waals surface area contributed by atoms with Gasteiger partial charge >= 0.3 is 5.51 Å². The minimum atomic E-state index is -5.44. The normalized spacial score (nSPS) is 12.1. The summed E-state index contributed by atoms with van der Waals surface area (Å²) >= 11 is 0. The standard InChI is InChI=1S/C18H18F3NO4S/c1-11(2)26-14-6-9-16(12(3)10-14)22-17(23)13-4-7-15(8-5-13)27(24,25)18(19,20)21/h4-11H,1-3H3,(H,22,23). The minimum absolute atomic E-state index is 0.00340. The van der Waals surface area contributed by atoms with Crippen molar-refractivity contribution in [3.8, 4) is 5.75 Å². The van der Waals surface area contributed by atoms with Gasteiger partial charge in [-0.1, -0.05) is 0 Å². The van der Waals surface area contributed by atoms with Crippen LogP contribution in [0.15, 0.2) is 47.4 Å². The highest BCUT2D eigenvalue weighted by Gasteiger charge is 2.46. The highest BCUT2D eigenvalue weighted by Crippen LogP contribution is 2.30. The first-order chi connectivity index (χ1) is 12.4. The number of alkyl halides is 3. The predicted molar refractivity (Wildman–Crippen MR) is 94.6 cm³/mol. The van der Waals surface area contributed by atoms with Crippen molar-refractivity contribution in [2.75, 3.05) is 5.32 Å². The van der Waals surface area contributed by atoms with Crippen LogP contribution in [0.4, 0.5) is 18.9 Å². The number of nitrogens with one attached hydrogen (secondary N) is 1. The fourth-order valence-electron chi connectivity index (χ4n) is 2.24. The Labute approximate surface area is 155 Å². The van der Waals surface area contributed by atoms with Gasteiger partial charge in [-0.2, -0.15) is 13.2 Å². The number of ether oxygens (including phenoxy) is 1. The summed E-state index contributed by atoms with van der Waals surface area (Å²) in [5, 5.41) is 2.63. The number of halogens is 3. The zero-order chi connectivity index (χ0) is 20.4. The SMILES string of the molecule is Cc1cc(OC(C)C)ccc1NC(=O)c1ccc(S(=O)(=O)C(F)(F)F)cc1. The maximum absolute atomic E-state index is 12.5. The van der Waals surface area contributed by atoms with E-state index >= 15 is 0 Å². The van der Waals surface area contributed by atoms with E-state index < -0.39 is 26.1 Å². The summed E-state index contributed by atoms with van der Waals surface area (Å²) in [5.41, 5.74) is -4.13. The van der Waals surface area contributed by atoms with Crippen LogP contribution in [0.2, 0.25) is 0 Å². The molecular formula is C18H18F3NO4S. The highest BCUT2D eigenvalue weighted by molar-refractivity contribution is 7.92. The van der Waals surface area contributed by atoms with Gasteiger partial charge < -0.3 is 10.1 Å². The van der Waals surface area contributed by atoms with E-state index in [4.69, 9.17) is 4.74 Å². The molecule has 1 N–H and O–H groups in total. The number of hydrogen-bond donors (Lipinski definition) is 1. The first kappa shape index (κ1) is 20.8. The van der Waals surface area contributed by atoms with Crippen molar-refractivity contribution in [3.63, 3.8) is 0 Å². The van der Waals surface area contributed by atoms with Gasteiger partial charge in [-0.15, -0.1) is 0 Å². The van der Waals surface area contributed by atoms with E-state index in [1.165, 1.54) is 0 Å². The Morgan fingerprint density at radius 2 is 1.67 bits per heavy atom. The summed E-state index contributed by atoms with van der Waals surface area (Å²) in [4.78, 5) is 11.4. The fourth-order valence-corrected chi connectivity index (χ4v) is 3.00. The van der Waals surface area contributed by atoms with E-state index in [0.29, 0.717) is 11.4 Å². The molecule has 0 saturated heterocycles. The Bertz CT molecular complexity index is 936. The molecule has 1 amide bonds. The number of aryl methyl sites for hydroxylation is 1. The van der Waals surface area contributed by atoms with Crippen molar-refractivity contribution in [1.29, 1.82) is 0 Å². The van der Waals surface area contributed by atoms with Crippen LogP contribution in [0.25, 0.3) is 0 Å². The van der Waals surface area contributed by atoms with Gasteiger partial charge in [-0.3, -0.25) is 4.79 Å². The number of benzene rings is 2. The lowest BCUT2D eigenvalue weighted by atomic mass is 10.1. The lowest BCUT2D eigenvalue weighted by Crippen LogP contribution is -2.23. The lowest BCUT2D eigenvalue weighted by Gasteiger charge is -2.13. The topological polar surface area (TPSA) is 72.5 Å². The molecule has 0 spiro atoms. The number of sulfone groups is 1. The number of amides is 1. The number of anilines is 1. The molecule has 0 unspecified atom stereocenters. The molecule has 0 aromatic heterocycles. The molecule has 9 heteroatoms. The van der Waals surface area contributed by atoms with Gasteiger partial charge in [0.1, 0.15) is 5.75 Å². The van der Waals surface area contributed by atoms with Crippen molar-refractivity contribution in [1.82, 2.24) is 0 Å². The molecule has 0 bridgehead atoms. The van der Waals surface area contributed by atoms with Crippen LogP contribution >= 0.6 is 0 Å². The zero-order valence-electron chi connectivity index (χ0n) is 14.8. The second-order valence-electron chi connectivity index (χ2n) is 6.07. The Morgan fingerprint density at radius 3 is 2.15 bits per heavy atom. The monoisotopic (exact) mass is 401 g/mol. The van der Waals surface area contributed by atoms with Crippen LogP contribution < -0.4 is 10.1 Å². The molecule has 0 aliphatic rings. The Kier molecular flexibility index (Phi) is 5.84. The van der Waals surface area contributed by atoms with Crippen molar-refractivity contribution >= 4 is 21.4 Å². The largest absolute Gasteiger partial charge is 0.501 e. The molecule has 0 atom stereocenters. The van der Waals surface area contributed by atoms with Gasteiger partial charge in [0.2, 0.25) is 0 Å². The van der Waals surface area contributed by atoms with Crippen molar-refractivity contribution in [2.45, 2.75) is 37.3 Å². The number of rotatable bonds is 5. The molecule has 0 aliphatic heterocycles. The molecule has 0 saturated carbocycles. The third-order valence-corrected chi connectivity index (χ3v) is 5.05. The summed E-state index contributed by atoms with van der Waals surface area (Å²) in [5.74, 6) is 0.0637. The van der Waals surface area contributed by atoms with Crippen LogP contribution in [0.1, 0.15) is 29.8 Å². The lowest BCUT2D eigenvalue weighted by molar-refractivity contribution is -0.0436. The maximum Gasteiger partial charge on any atom is 0.501 e. The molecule has 146 valence electrons. The summed E-state index contributed by atoms with van der Waals surface area (Å²) in [6, 6.07) is 8.64. The maximum atomic E-state index is 12.5. The summed E-state index contributed by atoms with van der Waals surface area (Å²) in [7, 11) is -5.44.